The van der Waals surface area contributed by atoms with Gasteiger partial charge in [0.1, 0.15) is 11.6 Å². The molecule has 1 aromatic heterocycles. The van der Waals surface area contributed by atoms with Crippen molar-refractivity contribution < 1.29 is 4.74 Å². The molecule has 4 nitrogen and oxygen atoms in total. The van der Waals surface area contributed by atoms with E-state index in [4.69, 9.17) is 9.72 Å². The normalized spacial score (nSPS) is 13.0. The highest BCUT2D eigenvalue weighted by Crippen LogP contribution is 2.26. The fourth-order valence-electron chi connectivity index (χ4n) is 2.81. The van der Waals surface area contributed by atoms with Crippen LogP contribution in [0.3, 0.4) is 0 Å². The van der Waals surface area contributed by atoms with Gasteiger partial charge in [-0.3, -0.25) is 4.90 Å². The molecule has 116 valence electrons. The Balaban J connectivity index is 2.28. The number of H-pyrrole nitrogens is 1. The number of benzene rings is 1. The predicted molar refractivity (Wildman–Crippen MR) is 87.8 cm³/mol. The van der Waals surface area contributed by atoms with E-state index in [0.29, 0.717) is 6.04 Å². The van der Waals surface area contributed by atoms with Gasteiger partial charge in [0.2, 0.25) is 0 Å². The number of nitrogens with zero attached hydrogens (tertiary/aromatic N) is 2. The van der Waals surface area contributed by atoms with E-state index in [9.17, 15) is 0 Å². The zero-order valence-electron chi connectivity index (χ0n) is 13.6. The number of fused-ring (bicyclic) bond motifs is 1. The fraction of sp³-hybridized carbons (Fsp3) is 0.588. The molecule has 0 bridgehead atoms. The quantitative estimate of drug-likeness (QED) is 0.794. The van der Waals surface area contributed by atoms with Crippen LogP contribution in [0.1, 0.15) is 51.9 Å². The Kier molecular flexibility index (Phi) is 5.62. The Morgan fingerprint density at radius 3 is 2.71 bits per heavy atom. The molecule has 0 spiro atoms. The number of hydrogen-bond donors (Lipinski definition) is 1. The standard InChI is InChI=1S/C17H27N3O/c1-5-8-11-20(7-3)16(6-2)17-18-14-10-9-13(21-4)12-15(14)19-17/h9-10,12,16H,5-8,11H2,1-4H3,(H,18,19). The van der Waals surface area contributed by atoms with Crippen LogP contribution in [0, 0.1) is 0 Å². The van der Waals surface area contributed by atoms with Crippen molar-refractivity contribution in [2.45, 2.75) is 46.1 Å². The predicted octanol–water partition coefficient (Wildman–Crippen LogP) is 4.14. The maximum Gasteiger partial charge on any atom is 0.124 e. The van der Waals surface area contributed by atoms with Gasteiger partial charge in [-0.15, -0.1) is 0 Å². The van der Waals surface area contributed by atoms with Gasteiger partial charge in [0.05, 0.1) is 24.2 Å². The van der Waals surface area contributed by atoms with Crippen molar-refractivity contribution in [3.8, 4) is 5.75 Å². The van der Waals surface area contributed by atoms with Crippen LogP contribution in [0.25, 0.3) is 11.0 Å². The van der Waals surface area contributed by atoms with Gasteiger partial charge >= 0.3 is 0 Å². The summed E-state index contributed by atoms with van der Waals surface area (Å²) in [6.07, 6.45) is 3.52. The number of aromatic amines is 1. The Bertz CT molecular complexity index is 564. The van der Waals surface area contributed by atoms with E-state index in [0.717, 1.165) is 42.1 Å². The lowest BCUT2D eigenvalue weighted by molar-refractivity contribution is 0.192. The maximum atomic E-state index is 5.28. The molecule has 0 aliphatic rings. The Morgan fingerprint density at radius 2 is 2.10 bits per heavy atom. The Morgan fingerprint density at radius 1 is 1.29 bits per heavy atom. The summed E-state index contributed by atoms with van der Waals surface area (Å²) in [6.45, 7) is 8.88. The second-order valence-corrected chi connectivity index (χ2v) is 5.41. The molecule has 0 radical (unpaired) electrons. The molecule has 0 aliphatic heterocycles. The van der Waals surface area contributed by atoms with E-state index in [1.54, 1.807) is 7.11 Å². The van der Waals surface area contributed by atoms with E-state index in [1.807, 2.05) is 18.2 Å². The number of nitrogens with one attached hydrogen (secondary N) is 1. The van der Waals surface area contributed by atoms with Gasteiger partial charge in [-0.25, -0.2) is 4.98 Å². The second kappa shape index (κ2) is 7.46. The lowest BCUT2D eigenvalue weighted by Gasteiger charge is -2.28. The van der Waals surface area contributed by atoms with E-state index in [-0.39, 0.29) is 0 Å². The summed E-state index contributed by atoms with van der Waals surface area (Å²) >= 11 is 0. The molecule has 2 rings (SSSR count). The van der Waals surface area contributed by atoms with Crippen molar-refractivity contribution >= 4 is 11.0 Å². The number of rotatable bonds is 8. The third kappa shape index (κ3) is 3.56. The first-order valence-corrected chi connectivity index (χ1v) is 8.01. The van der Waals surface area contributed by atoms with E-state index >= 15 is 0 Å². The van der Waals surface area contributed by atoms with Gasteiger partial charge in [-0.2, -0.15) is 0 Å². The third-order valence-electron chi connectivity index (χ3n) is 4.06. The highest BCUT2D eigenvalue weighted by atomic mass is 16.5. The summed E-state index contributed by atoms with van der Waals surface area (Å²) in [5.41, 5.74) is 2.06. The molecule has 21 heavy (non-hydrogen) atoms. The average Bonchev–Trinajstić information content (AvgIpc) is 2.93. The molecule has 0 saturated carbocycles. The first-order valence-electron chi connectivity index (χ1n) is 8.01. The van der Waals surface area contributed by atoms with Crippen LogP contribution in [-0.2, 0) is 0 Å². The van der Waals surface area contributed by atoms with Gasteiger partial charge in [-0.1, -0.05) is 27.2 Å². The van der Waals surface area contributed by atoms with E-state index in [1.165, 1.54) is 12.8 Å². The fourth-order valence-corrected chi connectivity index (χ4v) is 2.81. The highest BCUT2D eigenvalue weighted by Gasteiger charge is 2.20. The summed E-state index contributed by atoms with van der Waals surface area (Å²) in [5.74, 6) is 1.93. The van der Waals surface area contributed by atoms with Crippen molar-refractivity contribution in [1.29, 1.82) is 0 Å². The summed E-state index contributed by atoms with van der Waals surface area (Å²) in [6, 6.07) is 6.35. The molecular formula is C17H27N3O. The van der Waals surface area contributed by atoms with E-state index < -0.39 is 0 Å². The van der Waals surface area contributed by atoms with Crippen molar-refractivity contribution in [2.75, 3.05) is 20.2 Å². The summed E-state index contributed by atoms with van der Waals surface area (Å²) in [5, 5.41) is 0. The first kappa shape index (κ1) is 15.8. The monoisotopic (exact) mass is 289 g/mol. The molecule has 2 aromatic rings. The van der Waals surface area contributed by atoms with Gasteiger partial charge in [0.15, 0.2) is 0 Å². The minimum Gasteiger partial charge on any atom is -0.497 e. The van der Waals surface area contributed by atoms with Crippen molar-refractivity contribution in [3.05, 3.63) is 24.0 Å². The SMILES string of the molecule is CCCCN(CC)C(CC)c1nc2ccc(OC)cc2[nH]1. The third-order valence-corrected chi connectivity index (χ3v) is 4.06. The largest absolute Gasteiger partial charge is 0.497 e. The first-order chi connectivity index (χ1) is 10.2. The Labute approximate surface area is 127 Å². The van der Waals surface area contributed by atoms with Gasteiger partial charge in [0.25, 0.3) is 0 Å². The lowest BCUT2D eigenvalue weighted by atomic mass is 10.1. The number of unbranched alkanes of at least 4 members (excludes halogenated alkanes) is 1. The van der Waals surface area contributed by atoms with Crippen molar-refractivity contribution in [2.24, 2.45) is 0 Å². The highest BCUT2D eigenvalue weighted by molar-refractivity contribution is 5.76. The van der Waals surface area contributed by atoms with Crippen LogP contribution < -0.4 is 4.74 Å². The van der Waals surface area contributed by atoms with Gasteiger partial charge < -0.3 is 9.72 Å². The smallest absolute Gasteiger partial charge is 0.124 e. The molecule has 0 saturated heterocycles. The number of aromatic nitrogens is 2. The summed E-state index contributed by atoms with van der Waals surface area (Å²) in [4.78, 5) is 10.8. The minimum absolute atomic E-state index is 0.361. The molecule has 1 heterocycles. The summed E-state index contributed by atoms with van der Waals surface area (Å²) < 4.78 is 5.28. The van der Waals surface area contributed by atoms with Crippen LogP contribution >= 0.6 is 0 Å². The van der Waals surface area contributed by atoms with Gasteiger partial charge in [0, 0.05) is 6.07 Å². The molecular weight excluding hydrogens is 262 g/mol. The zero-order valence-corrected chi connectivity index (χ0v) is 13.6. The van der Waals surface area contributed by atoms with Crippen LogP contribution in [0.4, 0.5) is 0 Å². The number of ether oxygens (including phenoxy) is 1. The van der Waals surface area contributed by atoms with Gasteiger partial charge in [-0.05, 0) is 38.1 Å². The molecule has 4 heteroatoms. The lowest BCUT2D eigenvalue weighted by Crippen LogP contribution is -2.30. The van der Waals surface area contributed by atoms with Crippen molar-refractivity contribution in [1.82, 2.24) is 14.9 Å². The van der Waals surface area contributed by atoms with Crippen LogP contribution in [0.5, 0.6) is 5.75 Å². The Hall–Kier alpha value is -1.55. The van der Waals surface area contributed by atoms with Crippen LogP contribution in [-0.4, -0.2) is 35.1 Å². The average molecular weight is 289 g/mol. The van der Waals surface area contributed by atoms with Crippen LogP contribution in [0.15, 0.2) is 18.2 Å². The summed E-state index contributed by atoms with van der Waals surface area (Å²) in [7, 11) is 1.69. The minimum atomic E-state index is 0.361. The van der Waals surface area contributed by atoms with Crippen LogP contribution in [0.2, 0.25) is 0 Å². The zero-order chi connectivity index (χ0) is 15.2. The van der Waals surface area contributed by atoms with E-state index in [2.05, 4.69) is 30.7 Å². The molecule has 0 amide bonds. The maximum absolute atomic E-state index is 5.28. The topological polar surface area (TPSA) is 41.2 Å². The molecule has 0 aliphatic carbocycles. The molecule has 0 fully saturated rings. The van der Waals surface area contributed by atoms with Crippen molar-refractivity contribution in [3.63, 3.8) is 0 Å². The molecule has 1 unspecified atom stereocenters. The number of methoxy groups -OCH3 is 1. The number of hydrogen-bond acceptors (Lipinski definition) is 3. The molecule has 1 N–H and O–H groups in total. The number of imidazole rings is 1. The molecule has 1 atom stereocenters. The second-order valence-electron chi connectivity index (χ2n) is 5.41. The molecule has 1 aromatic carbocycles.